The third kappa shape index (κ3) is 4.28. The van der Waals surface area contributed by atoms with Crippen molar-refractivity contribution < 1.29 is 18.8 Å². The summed E-state index contributed by atoms with van der Waals surface area (Å²) in [5.74, 6) is -0.858. The van der Waals surface area contributed by atoms with Crippen molar-refractivity contribution in [3.63, 3.8) is 0 Å². The van der Waals surface area contributed by atoms with Crippen molar-refractivity contribution in [3.05, 3.63) is 45.8 Å². The highest BCUT2D eigenvalue weighted by Crippen LogP contribution is 2.27. The van der Waals surface area contributed by atoms with Gasteiger partial charge in [-0.25, -0.2) is 4.79 Å². The molecule has 23 heavy (non-hydrogen) atoms. The molecule has 124 valence electrons. The summed E-state index contributed by atoms with van der Waals surface area (Å²) in [6, 6.07) is 3.84. The molecule has 0 atom stereocenters. The van der Waals surface area contributed by atoms with Crippen LogP contribution >= 0.6 is 0 Å². The van der Waals surface area contributed by atoms with Crippen LogP contribution in [0.3, 0.4) is 0 Å². The topological polar surface area (TPSA) is 72.7 Å². The van der Waals surface area contributed by atoms with Gasteiger partial charge in [-0.3, -0.25) is 10.1 Å². The highest BCUT2D eigenvalue weighted by molar-refractivity contribution is 5.73. The molecule has 0 saturated heterocycles. The number of carbonyl (C=O) groups excluding carboxylic acids is 1. The van der Waals surface area contributed by atoms with Crippen LogP contribution in [-0.2, 0) is 4.74 Å². The highest BCUT2D eigenvalue weighted by Gasteiger charge is 2.24. The second-order valence-electron chi connectivity index (χ2n) is 6.33. The normalized spacial score (nSPS) is 15.1. The molecule has 0 saturated carbocycles. The molecule has 0 bridgehead atoms. The van der Waals surface area contributed by atoms with E-state index in [1.54, 1.807) is 25.7 Å². The van der Waals surface area contributed by atoms with Crippen LogP contribution in [0.4, 0.5) is 14.9 Å². The molecule has 2 rings (SSSR count). The number of halogens is 1. The second-order valence-corrected chi connectivity index (χ2v) is 6.33. The van der Waals surface area contributed by atoms with Crippen molar-refractivity contribution in [3.8, 4) is 0 Å². The van der Waals surface area contributed by atoms with Crippen LogP contribution in [0.5, 0.6) is 0 Å². The molecule has 1 aromatic carbocycles. The quantitative estimate of drug-likeness (QED) is 0.614. The van der Waals surface area contributed by atoms with Gasteiger partial charge in [0.1, 0.15) is 5.60 Å². The Morgan fingerprint density at radius 2 is 2.09 bits per heavy atom. The molecular weight excluding hydrogens is 303 g/mol. The molecular formula is C16H19FN2O4. The fraction of sp³-hybridized carbons (Fsp3) is 0.438. The Morgan fingerprint density at radius 1 is 1.39 bits per heavy atom. The van der Waals surface area contributed by atoms with E-state index in [0.29, 0.717) is 25.1 Å². The lowest BCUT2D eigenvalue weighted by Crippen LogP contribution is -2.39. The summed E-state index contributed by atoms with van der Waals surface area (Å²) >= 11 is 0. The first kappa shape index (κ1) is 16.9. The van der Waals surface area contributed by atoms with Gasteiger partial charge >= 0.3 is 11.8 Å². The van der Waals surface area contributed by atoms with E-state index >= 15 is 0 Å². The number of hydrogen-bond donors (Lipinski definition) is 0. The first-order chi connectivity index (χ1) is 10.7. The van der Waals surface area contributed by atoms with Crippen LogP contribution in [0.15, 0.2) is 24.3 Å². The van der Waals surface area contributed by atoms with Gasteiger partial charge in [0.15, 0.2) is 0 Å². The third-order valence-corrected chi connectivity index (χ3v) is 3.38. The number of nitro benzene ring substituents is 1. The number of hydrogen-bond acceptors (Lipinski definition) is 4. The van der Waals surface area contributed by atoms with Gasteiger partial charge in [-0.15, -0.1) is 0 Å². The van der Waals surface area contributed by atoms with Crippen LogP contribution in [0.2, 0.25) is 0 Å². The SMILES string of the molecule is CC(C)(C)OC(=O)N1CC=C(c2ccc([N+](=O)[O-])c(F)c2)CC1. The first-order valence-corrected chi connectivity index (χ1v) is 7.28. The Hall–Kier alpha value is -2.44. The standard InChI is InChI=1S/C16H19FN2O4/c1-16(2,3)23-15(20)18-8-6-11(7-9-18)12-4-5-14(19(21)22)13(17)10-12/h4-6,10H,7-9H2,1-3H3. The van der Waals surface area contributed by atoms with Gasteiger partial charge in [0.2, 0.25) is 5.82 Å². The van der Waals surface area contributed by atoms with E-state index in [1.807, 2.05) is 6.08 Å². The lowest BCUT2D eigenvalue weighted by atomic mass is 9.99. The fourth-order valence-electron chi connectivity index (χ4n) is 2.28. The zero-order chi connectivity index (χ0) is 17.2. The fourth-order valence-corrected chi connectivity index (χ4v) is 2.28. The summed E-state index contributed by atoms with van der Waals surface area (Å²) in [6.07, 6.45) is 1.97. The number of ether oxygens (including phenoxy) is 1. The average molecular weight is 322 g/mol. The number of rotatable bonds is 2. The molecule has 0 N–H and O–H groups in total. The van der Waals surface area contributed by atoms with E-state index < -0.39 is 22.0 Å². The Balaban J connectivity index is 2.09. The molecule has 1 aliphatic rings. The van der Waals surface area contributed by atoms with Crippen molar-refractivity contribution in [1.82, 2.24) is 4.90 Å². The van der Waals surface area contributed by atoms with Gasteiger partial charge in [0.25, 0.3) is 0 Å². The first-order valence-electron chi connectivity index (χ1n) is 7.28. The summed E-state index contributed by atoms with van der Waals surface area (Å²) < 4.78 is 19.0. The number of nitrogens with zero attached hydrogens (tertiary/aromatic N) is 2. The number of carbonyl (C=O) groups is 1. The molecule has 0 radical (unpaired) electrons. The maximum Gasteiger partial charge on any atom is 0.410 e. The number of amides is 1. The predicted octanol–water partition coefficient (Wildman–Crippen LogP) is 3.76. The summed E-state index contributed by atoms with van der Waals surface area (Å²) in [4.78, 5) is 23.4. The van der Waals surface area contributed by atoms with Gasteiger partial charge in [0, 0.05) is 19.2 Å². The van der Waals surface area contributed by atoms with Gasteiger partial charge in [-0.2, -0.15) is 4.39 Å². The molecule has 1 amide bonds. The summed E-state index contributed by atoms with van der Waals surface area (Å²) in [5.41, 5.74) is 0.360. The molecule has 0 fully saturated rings. The number of nitro groups is 1. The number of benzene rings is 1. The predicted molar refractivity (Wildman–Crippen MR) is 83.5 cm³/mol. The highest BCUT2D eigenvalue weighted by atomic mass is 19.1. The lowest BCUT2D eigenvalue weighted by molar-refractivity contribution is -0.387. The molecule has 1 aromatic rings. The second kappa shape index (κ2) is 6.36. The molecule has 0 unspecified atom stereocenters. The Bertz CT molecular complexity index is 665. The zero-order valence-corrected chi connectivity index (χ0v) is 13.3. The molecule has 1 heterocycles. The van der Waals surface area contributed by atoms with Crippen molar-refractivity contribution in [2.45, 2.75) is 32.8 Å². The van der Waals surface area contributed by atoms with Crippen LogP contribution in [0.1, 0.15) is 32.8 Å². The van der Waals surface area contributed by atoms with Gasteiger partial charge in [0.05, 0.1) is 4.92 Å². The minimum Gasteiger partial charge on any atom is -0.444 e. The van der Waals surface area contributed by atoms with Crippen molar-refractivity contribution >= 4 is 17.4 Å². The Morgan fingerprint density at radius 3 is 2.57 bits per heavy atom. The van der Waals surface area contributed by atoms with E-state index in [0.717, 1.165) is 17.7 Å². The van der Waals surface area contributed by atoms with Gasteiger partial charge in [-0.05, 0) is 50.5 Å². The minimum atomic E-state index is -0.858. The van der Waals surface area contributed by atoms with Crippen molar-refractivity contribution in [2.75, 3.05) is 13.1 Å². The van der Waals surface area contributed by atoms with E-state index in [2.05, 4.69) is 0 Å². The summed E-state index contributed by atoms with van der Waals surface area (Å²) in [7, 11) is 0. The molecule has 0 aliphatic carbocycles. The smallest absolute Gasteiger partial charge is 0.410 e. The van der Waals surface area contributed by atoms with Crippen LogP contribution in [0.25, 0.3) is 5.57 Å². The van der Waals surface area contributed by atoms with Crippen LogP contribution < -0.4 is 0 Å². The molecule has 1 aliphatic heterocycles. The lowest BCUT2D eigenvalue weighted by Gasteiger charge is -2.29. The van der Waals surface area contributed by atoms with E-state index in [-0.39, 0.29) is 6.09 Å². The molecule has 0 spiro atoms. The largest absolute Gasteiger partial charge is 0.444 e. The maximum absolute atomic E-state index is 13.7. The Labute approximate surface area is 133 Å². The van der Waals surface area contributed by atoms with Gasteiger partial charge < -0.3 is 9.64 Å². The molecule has 7 heteroatoms. The van der Waals surface area contributed by atoms with E-state index in [1.165, 1.54) is 6.07 Å². The van der Waals surface area contributed by atoms with E-state index in [4.69, 9.17) is 4.74 Å². The third-order valence-electron chi connectivity index (χ3n) is 3.38. The van der Waals surface area contributed by atoms with Crippen LogP contribution in [0, 0.1) is 15.9 Å². The van der Waals surface area contributed by atoms with Crippen LogP contribution in [-0.4, -0.2) is 34.6 Å². The monoisotopic (exact) mass is 322 g/mol. The average Bonchev–Trinajstić information content (AvgIpc) is 2.45. The minimum absolute atomic E-state index is 0.364. The van der Waals surface area contributed by atoms with E-state index in [9.17, 15) is 19.3 Å². The molecule has 6 nitrogen and oxygen atoms in total. The van der Waals surface area contributed by atoms with Crippen molar-refractivity contribution in [1.29, 1.82) is 0 Å². The van der Waals surface area contributed by atoms with Crippen molar-refractivity contribution in [2.24, 2.45) is 0 Å². The summed E-state index contributed by atoms with van der Waals surface area (Å²) in [5, 5.41) is 10.6. The zero-order valence-electron chi connectivity index (χ0n) is 13.3. The molecule has 0 aromatic heterocycles. The van der Waals surface area contributed by atoms with Gasteiger partial charge in [-0.1, -0.05) is 6.08 Å². The summed E-state index contributed by atoms with van der Waals surface area (Å²) in [6.45, 7) is 6.23. The Kier molecular flexibility index (Phi) is 4.68. The maximum atomic E-state index is 13.7.